The van der Waals surface area contributed by atoms with E-state index < -0.39 is 22.0 Å². The number of nitrogens with zero attached hydrogens (tertiary/aromatic N) is 2. The lowest BCUT2D eigenvalue weighted by molar-refractivity contribution is -0.141. The number of carbonyl (C=O) groups is 2. The largest absolute Gasteiger partial charge is 0.352 e. The zero-order valence-electron chi connectivity index (χ0n) is 20.5. The number of hydrogen-bond donors (Lipinski definition) is 1. The highest BCUT2D eigenvalue weighted by molar-refractivity contribution is 7.89. The lowest BCUT2D eigenvalue weighted by atomic mass is 9.95. The van der Waals surface area contributed by atoms with Crippen LogP contribution in [0.15, 0.2) is 53.4 Å². The summed E-state index contributed by atoms with van der Waals surface area (Å²) in [6, 6.07) is 12.9. The summed E-state index contributed by atoms with van der Waals surface area (Å²) in [4.78, 5) is 28.0. The van der Waals surface area contributed by atoms with Gasteiger partial charge in [-0.15, -0.1) is 0 Å². The molecule has 0 bridgehead atoms. The number of sulfonamides is 1. The fraction of sp³-hybridized carbons (Fsp3) is 0.462. The Balaban J connectivity index is 1.78. The molecule has 1 fully saturated rings. The number of amides is 2. The van der Waals surface area contributed by atoms with Crippen LogP contribution in [0.5, 0.6) is 0 Å². The summed E-state index contributed by atoms with van der Waals surface area (Å²) >= 11 is 6.00. The van der Waals surface area contributed by atoms with Gasteiger partial charge >= 0.3 is 0 Å². The van der Waals surface area contributed by atoms with Gasteiger partial charge in [0, 0.05) is 24.7 Å². The molecule has 1 saturated carbocycles. The zero-order chi connectivity index (χ0) is 25.6. The van der Waals surface area contributed by atoms with Gasteiger partial charge in [-0.05, 0) is 56.5 Å². The molecule has 0 aromatic heterocycles. The van der Waals surface area contributed by atoms with E-state index in [9.17, 15) is 18.0 Å². The van der Waals surface area contributed by atoms with Crippen molar-refractivity contribution in [2.24, 2.45) is 0 Å². The van der Waals surface area contributed by atoms with Gasteiger partial charge in [0.1, 0.15) is 6.04 Å². The van der Waals surface area contributed by atoms with Crippen molar-refractivity contribution in [3.63, 3.8) is 0 Å². The standard InChI is InChI=1S/C26H34ClN3O4S/c1-19-9-15-24(16-10-19)35(33,34)29(3)18-25(31)30(17-21-11-13-22(27)14-12-21)20(2)26(32)28-23-7-5-4-6-8-23/h9-16,20,23H,4-8,17-18H2,1-3H3,(H,28,32). The Morgan fingerprint density at radius 2 is 1.63 bits per heavy atom. The Kier molecular flexibility index (Phi) is 9.33. The molecule has 1 atom stereocenters. The number of likely N-dealkylation sites (N-methyl/N-ethyl adjacent to an activating group) is 1. The second kappa shape index (κ2) is 12.0. The van der Waals surface area contributed by atoms with Crippen LogP contribution in [0.1, 0.15) is 50.2 Å². The smallest absolute Gasteiger partial charge is 0.243 e. The molecule has 35 heavy (non-hydrogen) atoms. The van der Waals surface area contributed by atoms with Crippen molar-refractivity contribution in [3.05, 3.63) is 64.7 Å². The van der Waals surface area contributed by atoms with E-state index in [1.807, 2.05) is 6.92 Å². The van der Waals surface area contributed by atoms with Crippen molar-refractivity contribution in [3.8, 4) is 0 Å². The number of rotatable bonds is 9. The molecule has 2 amide bonds. The van der Waals surface area contributed by atoms with Gasteiger partial charge in [0.2, 0.25) is 21.8 Å². The van der Waals surface area contributed by atoms with Gasteiger partial charge in [0.25, 0.3) is 0 Å². The highest BCUT2D eigenvalue weighted by Crippen LogP contribution is 2.20. The third kappa shape index (κ3) is 7.29. The minimum Gasteiger partial charge on any atom is -0.352 e. The monoisotopic (exact) mass is 519 g/mol. The van der Waals surface area contributed by atoms with Crippen LogP contribution in [0.4, 0.5) is 0 Å². The maximum Gasteiger partial charge on any atom is 0.243 e. The lowest BCUT2D eigenvalue weighted by Gasteiger charge is -2.32. The van der Waals surface area contributed by atoms with Gasteiger partial charge in [-0.2, -0.15) is 4.31 Å². The highest BCUT2D eigenvalue weighted by Gasteiger charge is 2.31. The summed E-state index contributed by atoms with van der Waals surface area (Å²) in [5.41, 5.74) is 1.73. The zero-order valence-corrected chi connectivity index (χ0v) is 22.1. The van der Waals surface area contributed by atoms with E-state index in [1.165, 1.54) is 30.5 Å². The van der Waals surface area contributed by atoms with E-state index in [2.05, 4.69) is 5.32 Å². The molecule has 190 valence electrons. The summed E-state index contributed by atoms with van der Waals surface area (Å²) < 4.78 is 27.1. The van der Waals surface area contributed by atoms with Crippen molar-refractivity contribution in [2.45, 2.75) is 69.5 Å². The molecule has 0 aliphatic heterocycles. The molecular weight excluding hydrogens is 486 g/mol. The van der Waals surface area contributed by atoms with Crippen molar-refractivity contribution < 1.29 is 18.0 Å². The normalized spacial score (nSPS) is 15.6. The maximum absolute atomic E-state index is 13.4. The minimum absolute atomic E-state index is 0.107. The van der Waals surface area contributed by atoms with Gasteiger partial charge in [-0.25, -0.2) is 8.42 Å². The molecule has 9 heteroatoms. The van der Waals surface area contributed by atoms with Gasteiger partial charge in [-0.1, -0.05) is 60.7 Å². The molecular formula is C26H34ClN3O4S. The molecule has 1 aliphatic rings. The van der Waals surface area contributed by atoms with Crippen LogP contribution >= 0.6 is 11.6 Å². The van der Waals surface area contributed by atoms with E-state index >= 15 is 0 Å². The van der Waals surface area contributed by atoms with E-state index in [0.717, 1.165) is 41.1 Å². The van der Waals surface area contributed by atoms with E-state index in [4.69, 9.17) is 11.6 Å². The molecule has 0 spiro atoms. The van der Waals surface area contributed by atoms with Gasteiger partial charge in [-0.3, -0.25) is 9.59 Å². The van der Waals surface area contributed by atoms with E-state index in [1.54, 1.807) is 43.3 Å². The van der Waals surface area contributed by atoms with Crippen LogP contribution in [-0.4, -0.2) is 55.1 Å². The van der Waals surface area contributed by atoms with Crippen molar-refractivity contribution in [2.75, 3.05) is 13.6 Å². The highest BCUT2D eigenvalue weighted by atomic mass is 35.5. The van der Waals surface area contributed by atoms with Gasteiger partial charge < -0.3 is 10.2 Å². The fourth-order valence-corrected chi connectivity index (χ4v) is 5.44. The topological polar surface area (TPSA) is 86.8 Å². The summed E-state index contributed by atoms with van der Waals surface area (Å²) in [6.07, 6.45) is 5.19. The van der Waals surface area contributed by atoms with Crippen LogP contribution in [-0.2, 0) is 26.2 Å². The Hall–Kier alpha value is -2.42. The first kappa shape index (κ1) is 27.2. The molecule has 3 rings (SSSR count). The lowest BCUT2D eigenvalue weighted by Crippen LogP contribution is -2.52. The Bertz CT molecular complexity index is 1110. The van der Waals surface area contributed by atoms with Crippen LogP contribution in [0, 0.1) is 6.92 Å². The van der Waals surface area contributed by atoms with Crippen LogP contribution in [0.25, 0.3) is 0 Å². The number of nitrogens with one attached hydrogen (secondary N) is 1. The van der Waals surface area contributed by atoms with Crippen molar-refractivity contribution >= 4 is 33.4 Å². The maximum atomic E-state index is 13.4. The van der Waals surface area contributed by atoms with Gasteiger partial charge in [0.15, 0.2) is 0 Å². The van der Waals surface area contributed by atoms with Crippen molar-refractivity contribution in [1.29, 1.82) is 0 Å². The molecule has 1 unspecified atom stereocenters. The number of halogens is 1. The second-order valence-corrected chi connectivity index (χ2v) is 11.7. The third-order valence-corrected chi connectivity index (χ3v) is 8.54. The van der Waals surface area contributed by atoms with E-state index in [-0.39, 0.29) is 29.9 Å². The van der Waals surface area contributed by atoms with Crippen LogP contribution in [0.3, 0.4) is 0 Å². The Morgan fingerprint density at radius 3 is 2.23 bits per heavy atom. The quantitative estimate of drug-likeness (QED) is 0.539. The van der Waals surface area contributed by atoms with Crippen LogP contribution < -0.4 is 5.32 Å². The summed E-state index contributed by atoms with van der Waals surface area (Å²) in [5, 5.41) is 3.65. The number of carbonyl (C=O) groups excluding carboxylic acids is 2. The minimum atomic E-state index is -3.86. The van der Waals surface area contributed by atoms with Crippen molar-refractivity contribution in [1.82, 2.24) is 14.5 Å². The fourth-order valence-electron chi connectivity index (χ4n) is 4.19. The summed E-state index contributed by atoms with van der Waals surface area (Å²) in [7, 11) is -2.49. The molecule has 2 aromatic carbocycles. The summed E-state index contributed by atoms with van der Waals surface area (Å²) in [5.74, 6) is -0.687. The third-order valence-electron chi connectivity index (χ3n) is 6.47. The Morgan fingerprint density at radius 1 is 1.03 bits per heavy atom. The molecule has 1 aliphatic carbocycles. The number of benzene rings is 2. The molecule has 1 N–H and O–H groups in total. The molecule has 0 heterocycles. The first-order valence-electron chi connectivity index (χ1n) is 11.9. The van der Waals surface area contributed by atoms with E-state index in [0.29, 0.717) is 5.02 Å². The van der Waals surface area contributed by atoms with Gasteiger partial charge in [0.05, 0.1) is 11.4 Å². The Labute approximate surface area is 213 Å². The first-order chi connectivity index (χ1) is 16.6. The predicted octanol–water partition coefficient (Wildman–Crippen LogP) is 4.14. The molecule has 2 aromatic rings. The average molecular weight is 520 g/mol. The predicted molar refractivity (Wildman–Crippen MR) is 137 cm³/mol. The SMILES string of the molecule is Cc1ccc(S(=O)(=O)N(C)CC(=O)N(Cc2ccc(Cl)cc2)C(C)C(=O)NC2CCCCC2)cc1. The second-order valence-electron chi connectivity index (χ2n) is 9.24. The number of aryl methyl sites for hydroxylation is 1. The van der Waals surface area contributed by atoms with Crippen LogP contribution in [0.2, 0.25) is 5.02 Å². The molecule has 7 nitrogen and oxygen atoms in total. The first-order valence-corrected chi connectivity index (χ1v) is 13.8. The molecule has 0 saturated heterocycles. The average Bonchev–Trinajstić information content (AvgIpc) is 2.84. The molecule has 0 radical (unpaired) electrons. The summed E-state index contributed by atoms with van der Waals surface area (Å²) in [6.45, 7) is 3.33. The number of hydrogen-bond acceptors (Lipinski definition) is 4.